The summed E-state index contributed by atoms with van der Waals surface area (Å²) < 4.78 is 19.8. The first-order chi connectivity index (χ1) is 9.69. The number of hydrogen-bond acceptors (Lipinski definition) is 3. The van der Waals surface area contributed by atoms with Crippen molar-refractivity contribution < 1.29 is 9.13 Å². The number of pyridine rings is 1. The molecule has 0 amide bonds. The summed E-state index contributed by atoms with van der Waals surface area (Å²) in [5, 5.41) is 3.30. The van der Waals surface area contributed by atoms with E-state index in [0.29, 0.717) is 10.4 Å². The van der Waals surface area contributed by atoms with Gasteiger partial charge in [0.15, 0.2) is 11.6 Å². The molecule has 0 saturated carbocycles. The Morgan fingerprint density at radius 1 is 1.30 bits per heavy atom. The van der Waals surface area contributed by atoms with E-state index in [2.05, 4.69) is 33.2 Å². The molecule has 0 fully saturated rings. The van der Waals surface area contributed by atoms with Crippen LogP contribution in [0.1, 0.15) is 18.9 Å². The molecule has 0 bridgehead atoms. The van der Waals surface area contributed by atoms with Crippen LogP contribution in [0.15, 0.2) is 41.0 Å². The highest BCUT2D eigenvalue weighted by Crippen LogP contribution is 2.25. The zero-order valence-electron chi connectivity index (χ0n) is 11.2. The van der Waals surface area contributed by atoms with Gasteiger partial charge in [-0.15, -0.1) is 0 Å². The number of rotatable bonds is 6. The SMILES string of the molecule is CCCNCc1ccnc(Oc2ccc(Br)cc2F)c1. The molecular weight excluding hydrogens is 323 g/mol. The first-order valence-electron chi connectivity index (χ1n) is 6.47. The largest absolute Gasteiger partial charge is 0.436 e. The zero-order chi connectivity index (χ0) is 14.4. The Morgan fingerprint density at radius 3 is 2.90 bits per heavy atom. The molecule has 0 unspecified atom stereocenters. The molecule has 1 aromatic heterocycles. The van der Waals surface area contributed by atoms with Gasteiger partial charge in [-0.2, -0.15) is 0 Å². The summed E-state index contributed by atoms with van der Waals surface area (Å²) in [6.07, 6.45) is 2.74. The molecule has 20 heavy (non-hydrogen) atoms. The van der Waals surface area contributed by atoms with Crippen LogP contribution in [0.4, 0.5) is 4.39 Å². The molecule has 0 aliphatic heterocycles. The van der Waals surface area contributed by atoms with Gasteiger partial charge in [0.2, 0.25) is 5.88 Å². The zero-order valence-corrected chi connectivity index (χ0v) is 12.8. The molecule has 0 spiro atoms. The maximum absolute atomic E-state index is 13.7. The maximum atomic E-state index is 13.7. The van der Waals surface area contributed by atoms with Crippen molar-refractivity contribution in [2.24, 2.45) is 0 Å². The van der Waals surface area contributed by atoms with Gasteiger partial charge in [0.1, 0.15) is 0 Å². The van der Waals surface area contributed by atoms with E-state index in [1.165, 1.54) is 6.07 Å². The quantitative estimate of drug-likeness (QED) is 0.798. The number of halogens is 2. The van der Waals surface area contributed by atoms with Crippen LogP contribution in [0.25, 0.3) is 0 Å². The Kier molecular flexibility index (Phi) is 5.49. The van der Waals surface area contributed by atoms with Crippen molar-refractivity contribution in [1.82, 2.24) is 10.3 Å². The molecule has 2 rings (SSSR count). The highest BCUT2D eigenvalue weighted by molar-refractivity contribution is 9.10. The van der Waals surface area contributed by atoms with Crippen LogP contribution in [0.5, 0.6) is 11.6 Å². The lowest BCUT2D eigenvalue weighted by Gasteiger charge is -2.08. The summed E-state index contributed by atoms with van der Waals surface area (Å²) in [5.74, 6) is 0.136. The van der Waals surface area contributed by atoms with E-state index in [9.17, 15) is 4.39 Å². The summed E-state index contributed by atoms with van der Waals surface area (Å²) in [6.45, 7) is 3.82. The van der Waals surface area contributed by atoms with Crippen molar-refractivity contribution in [3.8, 4) is 11.6 Å². The molecule has 1 N–H and O–H groups in total. The third-order valence-electron chi connectivity index (χ3n) is 2.66. The predicted octanol–water partition coefficient (Wildman–Crippen LogP) is 4.28. The number of ether oxygens (including phenoxy) is 1. The van der Waals surface area contributed by atoms with Crippen molar-refractivity contribution in [3.63, 3.8) is 0 Å². The van der Waals surface area contributed by atoms with E-state index in [-0.39, 0.29) is 5.75 Å². The Labute approximate surface area is 126 Å². The molecular formula is C15H16BrFN2O. The van der Waals surface area contributed by atoms with E-state index in [1.807, 2.05) is 12.1 Å². The summed E-state index contributed by atoms with van der Waals surface area (Å²) >= 11 is 3.21. The minimum absolute atomic E-state index is 0.166. The molecule has 1 heterocycles. The van der Waals surface area contributed by atoms with Gasteiger partial charge in [0.25, 0.3) is 0 Å². The molecule has 5 heteroatoms. The van der Waals surface area contributed by atoms with Gasteiger partial charge in [-0.1, -0.05) is 22.9 Å². The molecule has 0 radical (unpaired) electrons. The number of hydrogen-bond donors (Lipinski definition) is 1. The van der Waals surface area contributed by atoms with E-state index in [4.69, 9.17) is 4.74 Å². The van der Waals surface area contributed by atoms with Crippen LogP contribution < -0.4 is 10.1 Å². The molecule has 2 aromatic rings. The van der Waals surface area contributed by atoms with Crippen LogP contribution in [0, 0.1) is 5.82 Å². The van der Waals surface area contributed by atoms with Gasteiger partial charge in [-0.3, -0.25) is 0 Å². The van der Waals surface area contributed by atoms with Gasteiger partial charge >= 0.3 is 0 Å². The summed E-state index contributed by atoms with van der Waals surface area (Å²) in [6, 6.07) is 8.38. The Morgan fingerprint density at radius 2 is 2.15 bits per heavy atom. The average molecular weight is 339 g/mol. The van der Waals surface area contributed by atoms with E-state index >= 15 is 0 Å². The number of benzene rings is 1. The molecule has 0 aliphatic rings. The van der Waals surface area contributed by atoms with E-state index in [0.717, 1.165) is 25.1 Å². The second kappa shape index (κ2) is 7.36. The van der Waals surface area contributed by atoms with Gasteiger partial charge in [0.05, 0.1) is 0 Å². The fourth-order valence-corrected chi connectivity index (χ4v) is 2.03. The molecule has 3 nitrogen and oxygen atoms in total. The minimum atomic E-state index is -0.421. The molecule has 0 saturated heterocycles. The van der Waals surface area contributed by atoms with Crippen molar-refractivity contribution in [1.29, 1.82) is 0 Å². The van der Waals surface area contributed by atoms with Gasteiger partial charge in [-0.25, -0.2) is 9.37 Å². The molecule has 0 atom stereocenters. The Balaban J connectivity index is 2.07. The normalized spacial score (nSPS) is 10.6. The van der Waals surface area contributed by atoms with Crippen molar-refractivity contribution in [3.05, 3.63) is 52.4 Å². The predicted molar refractivity (Wildman–Crippen MR) is 80.4 cm³/mol. The summed E-state index contributed by atoms with van der Waals surface area (Å²) in [7, 11) is 0. The molecule has 0 aliphatic carbocycles. The third-order valence-corrected chi connectivity index (χ3v) is 3.16. The standard InChI is InChI=1S/C15H16BrFN2O/c1-2-6-18-10-11-5-7-19-15(8-11)20-14-4-3-12(16)9-13(14)17/h3-5,7-9,18H,2,6,10H2,1H3. The highest BCUT2D eigenvalue weighted by Gasteiger charge is 2.06. The average Bonchev–Trinajstić information content (AvgIpc) is 2.43. The highest BCUT2D eigenvalue weighted by atomic mass is 79.9. The first kappa shape index (κ1) is 14.9. The van der Waals surface area contributed by atoms with Crippen LogP contribution in [-0.4, -0.2) is 11.5 Å². The minimum Gasteiger partial charge on any atom is -0.436 e. The van der Waals surface area contributed by atoms with E-state index in [1.54, 1.807) is 18.3 Å². The fourth-order valence-electron chi connectivity index (χ4n) is 1.70. The van der Waals surface area contributed by atoms with Crippen molar-refractivity contribution >= 4 is 15.9 Å². The second-order valence-electron chi connectivity index (χ2n) is 4.36. The number of nitrogens with one attached hydrogen (secondary N) is 1. The lowest BCUT2D eigenvalue weighted by molar-refractivity contribution is 0.426. The van der Waals surface area contributed by atoms with Crippen LogP contribution in [0.3, 0.4) is 0 Å². The Bertz CT molecular complexity index is 578. The number of nitrogens with zero attached hydrogens (tertiary/aromatic N) is 1. The van der Waals surface area contributed by atoms with Crippen LogP contribution >= 0.6 is 15.9 Å². The summed E-state index contributed by atoms with van der Waals surface area (Å²) in [4.78, 5) is 4.10. The van der Waals surface area contributed by atoms with Crippen molar-refractivity contribution in [2.45, 2.75) is 19.9 Å². The van der Waals surface area contributed by atoms with Gasteiger partial charge in [-0.05, 0) is 42.8 Å². The number of aromatic nitrogens is 1. The van der Waals surface area contributed by atoms with Crippen molar-refractivity contribution in [2.75, 3.05) is 6.54 Å². The lowest BCUT2D eigenvalue weighted by atomic mass is 10.2. The molecule has 1 aromatic carbocycles. The third kappa shape index (κ3) is 4.28. The smallest absolute Gasteiger partial charge is 0.219 e. The molecule has 106 valence electrons. The maximum Gasteiger partial charge on any atom is 0.219 e. The second-order valence-corrected chi connectivity index (χ2v) is 5.27. The van der Waals surface area contributed by atoms with Gasteiger partial charge in [0, 0.05) is 23.3 Å². The van der Waals surface area contributed by atoms with Crippen LogP contribution in [0.2, 0.25) is 0 Å². The lowest BCUT2D eigenvalue weighted by Crippen LogP contribution is -2.13. The van der Waals surface area contributed by atoms with Crippen LogP contribution in [-0.2, 0) is 6.54 Å². The Hall–Kier alpha value is -1.46. The topological polar surface area (TPSA) is 34.2 Å². The fraction of sp³-hybridized carbons (Fsp3) is 0.267. The van der Waals surface area contributed by atoms with Gasteiger partial charge < -0.3 is 10.1 Å². The van der Waals surface area contributed by atoms with E-state index < -0.39 is 5.82 Å². The monoisotopic (exact) mass is 338 g/mol. The summed E-state index contributed by atoms with van der Waals surface area (Å²) in [5.41, 5.74) is 1.06. The first-order valence-corrected chi connectivity index (χ1v) is 7.27.